The Morgan fingerprint density at radius 3 is 2.64 bits per heavy atom. The second kappa shape index (κ2) is 11.6. The molecule has 36 heavy (non-hydrogen) atoms. The fraction of sp³-hybridized carbons (Fsp3) is 0.321. The first-order valence-electron chi connectivity index (χ1n) is 11.9. The summed E-state index contributed by atoms with van der Waals surface area (Å²) >= 11 is 1.46. The van der Waals surface area contributed by atoms with Crippen LogP contribution in [0.15, 0.2) is 75.9 Å². The maximum Gasteiger partial charge on any atom is 0.338 e. The Kier molecular flexibility index (Phi) is 8.28. The van der Waals surface area contributed by atoms with Crippen molar-refractivity contribution in [3.05, 3.63) is 93.2 Å². The summed E-state index contributed by atoms with van der Waals surface area (Å²) < 4.78 is 10.8. The van der Waals surface area contributed by atoms with E-state index in [2.05, 4.69) is 23.5 Å². The van der Waals surface area contributed by atoms with Gasteiger partial charge in [0.15, 0.2) is 5.17 Å². The van der Waals surface area contributed by atoms with Crippen molar-refractivity contribution in [1.82, 2.24) is 10.2 Å². The van der Waals surface area contributed by atoms with Crippen molar-refractivity contribution in [3.63, 3.8) is 0 Å². The molecule has 2 aliphatic rings. The number of nitrogens with one attached hydrogen (secondary N) is 1. The Bertz CT molecular complexity index is 1240. The zero-order valence-electron chi connectivity index (χ0n) is 21.0. The number of amidine groups is 1. The second-order valence-corrected chi connectivity index (χ2v) is 9.67. The predicted octanol–water partition coefficient (Wildman–Crippen LogP) is 4.77. The number of ether oxygens (including phenoxy) is 2. The maximum absolute atomic E-state index is 13.6. The van der Waals surface area contributed by atoms with Crippen LogP contribution >= 0.6 is 11.8 Å². The molecule has 0 spiro atoms. The Hall–Kier alpha value is -3.36. The number of aryl methyl sites for hydroxylation is 2. The van der Waals surface area contributed by atoms with Gasteiger partial charge in [-0.2, -0.15) is 0 Å². The van der Waals surface area contributed by atoms with Gasteiger partial charge in [-0.1, -0.05) is 65.9 Å². The number of hydrogen-bond donors (Lipinski definition) is 1. The van der Waals surface area contributed by atoms with Crippen LogP contribution in [-0.4, -0.2) is 42.2 Å². The van der Waals surface area contributed by atoms with Crippen LogP contribution in [0.4, 0.5) is 0 Å². The molecule has 1 N–H and O–H groups in total. The molecule has 8 heteroatoms. The molecule has 0 bridgehead atoms. The molecule has 188 valence electrons. The van der Waals surface area contributed by atoms with Gasteiger partial charge in [0.1, 0.15) is 6.61 Å². The van der Waals surface area contributed by atoms with E-state index in [4.69, 9.17) is 14.5 Å². The number of carbonyl (C=O) groups excluding carboxylic acids is 2. The summed E-state index contributed by atoms with van der Waals surface area (Å²) in [7, 11) is 1.60. The molecular formula is C28H31N3O4S. The number of benzene rings is 2. The number of rotatable bonds is 9. The first-order valence-corrected chi connectivity index (χ1v) is 12.7. The van der Waals surface area contributed by atoms with Gasteiger partial charge in [0.05, 0.1) is 30.3 Å². The van der Waals surface area contributed by atoms with E-state index in [1.165, 1.54) is 11.8 Å². The molecule has 0 fully saturated rings. The van der Waals surface area contributed by atoms with E-state index in [9.17, 15) is 9.59 Å². The summed E-state index contributed by atoms with van der Waals surface area (Å²) in [4.78, 5) is 33.0. The lowest BCUT2D eigenvalue weighted by atomic mass is 9.90. The summed E-state index contributed by atoms with van der Waals surface area (Å²) in [5, 5.41) is 5.57. The van der Waals surface area contributed by atoms with Crippen molar-refractivity contribution in [2.45, 2.75) is 39.8 Å². The highest BCUT2D eigenvalue weighted by Gasteiger charge is 2.41. The minimum absolute atomic E-state index is 0.112. The summed E-state index contributed by atoms with van der Waals surface area (Å²) in [6, 6.07) is 15.4. The molecular weight excluding hydrogens is 474 g/mol. The predicted molar refractivity (Wildman–Crippen MR) is 142 cm³/mol. The van der Waals surface area contributed by atoms with Crippen molar-refractivity contribution >= 4 is 28.8 Å². The topological polar surface area (TPSA) is 80.2 Å². The minimum atomic E-state index is -0.450. The Balaban J connectivity index is 1.68. The molecule has 2 heterocycles. The molecule has 2 aromatic carbocycles. The van der Waals surface area contributed by atoms with Crippen molar-refractivity contribution < 1.29 is 19.1 Å². The number of aliphatic imine (C=N–C) groups is 1. The Labute approximate surface area is 216 Å². The molecule has 7 nitrogen and oxygen atoms in total. The molecule has 0 radical (unpaired) electrons. The molecule has 2 aromatic rings. The molecule has 0 saturated carbocycles. The molecule has 0 saturated heterocycles. The lowest BCUT2D eigenvalue weighted by molar-refractivity contribution is -0.141. The number of allylic oxidation sites excluding steroid dienone is 1. The van der Waals surface area contributed by atoms with Crippen LogP contribution in [0.5, 0.6) is 0 Å². The molecule has 4 rings (SSSR count). The fourth-order valence-corrected chi connectivity index (χ4v) is 5.26. The van der Waals surface area contributed by atoms with E-state index < -0.39 is 12.0 Å². The quantitative estimate of drug-likeness (QED) is 0.391. The van der Waals surface area contributed by atoms with Crippen molar-refractivity contribution in [3.8, 4) is 0 Å². The number of esters is 1. The average molecular weight is 506 g/mol. The van der Waals surface area contributed by atoms with Crippen LogP contribution in [0, 0.1) is 13.8 Å². The van der Waals surface area contributed by atoms with Gasteiger partial charge in [-0.3, -0.25) is 4.79 Å². The number of hydrogen-bond acceptors (Lipinski definition) is 7. The summed E-state index contributed by atoms with van der Waals surface area (Å²) in [5.41, 5.74) is 5.94. The van der Waals surface area contributed by atoms with Gasteiger partial charge in [-0.15, -0.1) is 0 Å². The van der Waals surface area contributed by atoms with Gasteiger partial charge in [0.2, 0.25) is 5.91 Å². The van der Waals surface area contributed by atoms with E-state index in [0.29, 0.717) is 24.4 Å². The largest absolute Gasteiger partial charge is 0.457 e. The third-order valence-electron chi connectivity index (χ3n) is 6.13. The van der Waals surface area contributed by atoms with E-state index in [-0.39, 0.29) is 18.9 Å². The summed E-state index contributed by atoms with van der Waals surface area (Å²) in [6.07, 6.45) is 0.169. The number of nitrogens with zero attached hydrogens (tertiary/aromatic N) is 2. The van der Waals surface area contributed by atoms with Crippen LogP contribution in [0.1, 0.15) is 41.6 Å². The van der Waals surface area contributed by atoms with Crippen molar-refractivity contribution in [2.75, 3.05) is 20.3 Å². The van der Waals surface area contributed by atoms with E-state index in [1.54, 1.807) is 7.11 Å². The molecule has 0 aliphatic carbocycles. The second-order valence-electron chi connectivity index (χ2n) is 8.83. The lowest BCUT2D eigenvalue weighted by Crippen LogP contribution is -2.38. The third kappa shape index (κ3) is 5.71. The maximum atomic E-state index is 13.6. The zero-order chi connectivity index (χ0) is 25.7. The highest BCUT2D eigenvalue weighted by molar-refractivity contribution is 8.16. The van der Waals surface area contributed by atoms with Crippen LogP contribution in [0.2, 0.25) is 0 Å². The normalized spacial score (nSPS) is 16.9. The highest BCUT2D eigenvalue weighted by Crippen LogP contribution is 2.45. The van der Waals surface area contributed by atoms with Crippen LogP contribution in [0.3, 0.4) is 0 Å². The van der Waals surface area contributed by atoms with E-state index >= 15 is 0 Å². The van der Waals surface area contributed by atoms with Crippen molar-refractivity contribution in [2.24, 2.45) is 4.99 Å². The summed E-state index contributed by atoms with van der Waals surface area (Å²) in [5.74, 6) is -0.523. The van der Waals surface area contributed by atoms with Crippen LogP contribution in [0.25, 0.3) is 0 Å². The Morgan fingerprint density at radius 2 is 1.89 bits per heavy atom. The van der Waals surface area contributed by atoms with E-state index in [0.717, 1.165) is 33.1 Å². The lowest BCUT2D eigenvalue weighted by Gasteiger charge is -2.37. The number of fused-ring (bicyclic) bond motifs is 1. The first kappa shape index (κ1) is 25.7. The smallest absolute Gasteiger partial charge is 0.338 e. The highest BCUT2D eigenvalue weighted by atomic mass is 32.2. The van der Waals surface area contributed by atoms with Gasteiger partial charge >= 0.3 is 5.97 Å². The molecule has 0 unspecified atom stereocenters. The first-order chi connectivity index (χ1) is 17.4. The fourth-order valence-electron chi connectivity index (χ4n) is 4.30. The number of thioether (sulfide) groups is 1. The van der Waals surface area contributed by atoms with Gasteiger partial charge in [-0.05, 0) is 42.9 Å². The third-order valence-corrected chi connectivity index (χ3v) is 7.02. The van der Waals surface area contributed by atoms with Crippen LogP contribution < -0.4 is 5.32 Å². The minimum Gasteiger partial charge on any atom is -0.457 e. The van der Waals surface area contributed by atoms with Crippen molar-refractivity contribution in [1.29, 1.82) is 0 Å². The standard InChI is InChI=1S/C28H31N3O4S/c1-18-10-11-19(2)23(14-18)26-25(27(33)35-16-21-8-6-5-7-9-21)20(3)30-28-31(26)22(17-36-28)15-24(32)29-12-13-34-4/h5-11,14,17,26H,12-13,15-16H2,1-4H3,(H,29,32)/t26-/m0/s1. The zero-order valence-corrected chi connectivity index (χ0v) is 21.9. The average Bonchev–Trinajstić information content (AvgIpc) is 3.25. The van der Waals surface area contributed by atoms with Gasteiger partial charge in [0, 0.05) is 19.4 Å². The van der Waals surface area contributed by atoms with Gasteiger partial charge < -0.3 is 19.7 Å². The molecule has 0 aromatic heterocycles. The molecule has 1 amide bonds. The number of methoxy groups -OCH3 is 1. The number of carbonyl (C=O) groups is 2. The number of amides is 1. The Morgan fingerprint density at radius 1 is 1.11 bits per heavy atom. The SMILES string of the molecule is COCCNC(=O)CC1=CSC2=NC(C)=C(C(=O)OCc3ccccc3)[C@H](c3cc(C)ccc3C)N12. The van der Waals surface area contributed by atoms with Crippen LogP contribution in [-0.2, 0) is 25.7 Å². The summed E-state index contributed by atoms with van der Waals surface area (Å²) in [6.45, 7) is 6.97. The van der Waals surface area contributed by atoms with Gasteiger partial charge in [0.25, 0.3) is 0 Å². The molecule has 2 aliphatic heterocycles. The van der Waals surface area contributed by atoms with Gasteiger partial charge in [-0.25, -0.2) is 9.79 Å². The molecule has 1 atom stereocenters. The monoisotopic (exact) mass is 505 g/mol. The van der Waals surface area contributed by atoms with E-state index in [1.807, 2.05) is 61.4 Å².